The van der Waals surface area contributed by atoms with Crippen molar-refractivity contribution in [2.75, 3.05) is 0 Å². The van der Waals surface area contributed by atoms with Crippen LogP contribution in [0.4, 0.5) is 13.2 Å². The summed E-state index contributed by atoms with van der Waals surface area (Å²) in [6, 6.07) is 2.40. The molecule has 0 spiro atoms. The van der Waals surface area contributed by atoms with Gasteiger partial charge >= 0.3 is 6.18 Å². The first-order valence-corrected chi connectivity index (χ1v) is 6.73. The summed E-state index contributed by atoms with van der Waals surface area (Å²) in [7, 11) is 0. The first-order chi connectivity index (χ1) is 8.47. The maximum absolute atomic E-state index is 12.4. The van der Waals surface area contributed by atoms with E-state index in [1.54, 1.807) is 0 Å². The van der Waals surface area contributed by atoms with E-state index in [0.29, 0.717) is 5.03 Å². The zero-order chi connectivity index (χ0) is 13.2. The van der Waals surface area contributed by atoms with E-state index in [1.807, 2.05) is 0 Å². The molecule has 6 heteroatoms. The fourth-order valence-electron chi connectivity index (χ4n) is 1.99. The monoisotopic (exact) mass is 277 g/mol. The quantitative estimate of drug-likeness (QED) is 0.898. The average molecular weight is 277 g/mol. The van der Waals surface area contributed by atoms with Crippen LogP contribution < -0.4 is 0 Å². The number of alkyl halides is 3. The van der Waals surface area contributed by atoms with Crippen LogP contribution in [0.3, 0.4) is 0 Å². The van der Waals surface area contributed by atoms with E-state index < -0.39 is 11.7 Å². The maximum Gasteiger partial charge on any atom is 0.417 e. The van der Waals surface area contributed by atoms with E-state index in [2.05, 4.69) is 4.98 Å². The largest absolute Gasteiger partial charge is 0.417 e. The summed E-state index contributed by atoms with van der Waals surface area (Å²) in [4.78, 5) is 3.81. The third kappa shape index (κ3) is 3.38. The molecule has 1 aliphatic carbocycles. The highest BCUT2D eigenvalue weighted by atomic mass is 32.2. The minimum Gasteiger partial charge on any atom is -0.392 e. The molecular weight excluding hydrogens is 263 g/mol. The lowest BCUT2D eigenvalue weighted by atomic mass is 9.97. The molecule has 0 aliphatic heterocycles. The van der Waals surface area contributed by atoms with Crippen molar-refractivity contribution in [3.8, 4) is 0 Å². The number of aliphatic hydroxyl groups is 1. The highest BCUT2D eigenvalue weighted by molar-refractivity contribution is 7.99. The second-order valence-corrected chi connectivity index (χ2v) is 5.65. The van der Waals surface area contributed by atoms with Crippen molar-refractivity contribution in [2.24, 2.45) is 0 Å². The van der Waals surface area contributed by atoms with Crippen LogP contribution in [-0.2, 0) is 6.18 Å². The molecule has 100 valence electrons. The van der Waals surface area contributed by atoms with Gasteiger partial charge in [-0.1, -0.05) is 12.8 Å². The minimum atomic E-state index is -4.35. The molecule has 1 aliphatic rings. The molecule has 1 saturated carbocycles. The lowest BCUT2D eigenvalue weighted by Gasteiger charge is -2.26. The van der Waals surface area contributed by atoms with Crippen molar-refractivity contribution in [3.63, 3.8) is 0 Å². The standard InChI is InChI=1S/C12H14F3NOS/c13-12(14,15)8-5-6-11(16-7-8)18-10-4-2-1-3-9(10)17/h5-7,9-10,17H,1-4H2. The number of halogens is 3. The van der Waals surface area contributed by atoms with Gasteiger partial charge in [-0.3, -0.25) is 0 Å². The fourth-order valence-corrected chi connectivity index (χ4v) is 3.14. The van der Waals surface area contributed by atoms with Gasteiger partial charge in [0.1, 0.15) is 0 Å². The first-order valence-electron chi connectivity index (χ1n) is 5.85. The zero-order valence-corrected chi connectivity index (χ0v) is 10.5. The van der Waals surface area contributed by atoms with Crippen LogP contribution in [0.5, 0.6) is 0 Å². The van der Waals surface area contributed by atoms with Crippen LogP contribution in [0, 0.1) is 0 Å². The average Bonchev–Trinajstić information content (AvgIpc) is 2.32. The Balaban J connectivity index is 2.02. The Kier molecular flexibility index (Phi) is 4.17. The Labute approximate surface area is 108 Å². The maximum atomic E-state index is 12.4. The molecule has 2 unspecified atom stereocenters. The molecule has 0 bridgehead atoms. The third-order valence-corrected chi connectivity index (χ3v) is 4.34. The molecule has 2 rings (SSSR count). The molecule has 1 heterocycles. The van der Waals surface area contributed by atoms with Crippen molar-refractivity contribution in [3.05, 3.63) is 23.9 Å². The lowest BCUT2D eigenvalue weighted by Crippen LogP contribution is -2.26. The highest BCUT2D eigenvalue weighted by Gasteiger charge is 2.31. The molecule has 1 N–H and O–H groups in total. The molecule has 18 heavy (non-hydrogen) atoms. The van der Waals surface area contributed by atoms with Gasteiger partial charge in [0.05, 0.1) is 16.7 Å². The van der Waals surface area contributed by atoms with E-state index in [4.69, 9.17) is 0 Å². The Morgan fingerprint density at radius 2 is 1.94 bits per heavy atom. The molecule has 2 atom stereocenters. The van der Waals surface area contributed by atoms with Crippen molar-refractivity contribution in [2.45, 2.75) is 48.2 Å². The van der Waals surface area contributed by atoms with E-state index >= 15 is 0 Å². The summed E-state index contributed by atoms with van der Waals surface area (Å²) in [6.45, 7) is 0. The second kappa shape index (κ2) is 5.48. The lowest BCUT2D eigenvalue weighted by molar-refractivity contribution is -0.137. The van der Waals surface area contributed by atoms with Gasteiger partial charge in [0.25, 0.3) is 0 Å². The summed E-state index contributed by atoms with van der Waals surface area (Å²) >= 11 is 1.36. The van der Waals surface area contributed by atoms with Crippen molar-refractivity contribution >= 4 is 11.8 Å². The predicted molar refractivity (Wildman–Crippen MR) is 63.4 cm³/mol. The van der Waals surface area contributed by atoms with Crippen LogP contribution in [-0.4, -0.2) is 21.4 Å². The minimum absolute atomic E-state index is 0.0444. The van der Waals surface area contributed by atoms with Crippen LogP contribution >= 0.6 is 11.8 Å². The summed E-state index contributed by atoms with van der Waals surface area (Å²) in [5, 5.41) is 10.4. The summed E-state index contributed by atoms with van der Waals surface area (Å²) < 4.78 is 37.1. The van der Waals surface area contributed by atoms with Gasteiger partial charge in [0, 0.05) is 11.4 Å². The second-order valence-electron chi connectivity index (χ2n) is 4.39. The molecule has 1 aromatic rings. The van der Waals surface area contributed by atoms with Gasteiger partial charge in [0.15, 0.2) is 0 Å². The topological polar surface area (TPSA) is 33.1 Å². The van der Waals surface area contributed by atoms with Gasteiger partial charge in [0.2, 0.25) is 0 Å². The Hall–Kier alpha value is -0.750. The molecule has 0 amide bonds. The van der Waals surface area contributed by atoms with Crippen LogP contribution in [0.15, 0.2) is 23.4 Å². The third-order valence-electron chi connectivity index (χ3n) is 3.00. The van der Waals surface area contributed by atoms with E-state index in [1.165, 1.54) is 17.8 Å². The first kappa shape index (κ1) is 13.7. The summed E-state index contributed by atoms with van der Waals surface area (Å²) in [5.74, 6) is 0. The van der Waals surface area contributed by atoms with E-state index in [9.17, 15) is 18.3 Å². The zero-order valence-electron chi connectivity index (χ0n) is 9.65. The molecular formula is C12H14F3NOS. The highest BCUT2D eigenvalue weighted by Crippen LogP contribution is 2.34. The van der Waals surface area contributed by atoms with Gasteiger partial charge in [-0.05, 0) is 25.0 Å². The number of rotatable bonds is 2. The Morgan fingerprint density at radius 3 is 2.50 bits per heavy atom. The smallest absolute Gasteiger partial charge is 0.392 e. The molecule has 2 nitrogen and oxygen atoms in total. The number of hydrogen-bond donors (Lipinski definition) is 1. The van der Waals surface area contributed by atoms with E-state index in [-0.39, 0.29) is 11.4 Å². The van der Waals surface area contributed by atoms with Gasteiger partial charge in [-0.2, -0.15) is 13.2 Å². The van der Waals surface area contributed by atoms with Crippen LogP contribution in [0.2, 0.25) is 0 Å². The van der Waals surface area contributed by atoms with Crippen molar-refractivity contribution < 1.29 is 18.3 Å². The van der Waals surface area contributed by atoms with Gasteiger partial charge in [-0.25, -0.2) is 4.98 Å². The predicted octanol–water partition coefficient (Wildman–Crippen LogP) is 3.50. The number of pyridine rings is 1. The van der Waals surface area contributed by atoms with Gasteiger partial charge in [-0.15, -0.1) is 11.8 Å². The molecule has 1 fully saturated rings. The Morgan fingerprint density at radius 1 is 1.22 bits per heavy atom. The number of aromatic nitrogens is 1. The number of hydrogen-bond acceptors (Lipinski definition) is 3. The van der Waals surface area contributed by atoms with E-state index in [0.717, 1.165) is 37.9 Å². The summed E-state index contributed by atoms with van der Waals surface area (Å²) in [5.41, 5.74) is -0.740. The Bertz CT molecular complexity index is 393. The SMILES string of the molecule is OC1CCCCC1Sc1ccc(C(F)(F)F)cn1. The summed E-state index contributed by atoms with van der Waals surface area (Å²) in [6.07, 6.45) is -0.174. The molecule has 0 saturated heterocycles. The number of aliphatic hydroxyl groups excluding tert-OH is 1. The van der Waals surface area contributed by atoms with Crippen molar-refractivity contribution in [1.82, 2.24) is 4.98 Å². The van der Waals surface area contributed by atoms with Crippen LogP contribution in [0.25, 0.3) is 0 Å². The molecule has 0 aromatic carbocycles. The van der Waals surface area contributed by atoms with Gasteiger partial charge < -0.3 is 5.11 Å². The number of thioether (sulfide) groups is 1. The van der Waals surface area contributed by atoms with Crippen molar-refractivity contribution in [1.29, 1.82) is 0 Å². The fraction of sp³-hybridized carbons (Fsp3) is 0.583. The molecule has 1 aromatic heterocycles. The normalized spacial score (nSPS) is 25.1. The number of nitrogens with zero attached hydrogens (tertiary/aromatic N) is 1. The van der Waals surface area contributed by atoms with Crippen LogP contribution in [0.1, 0.15) is 31.2 Å². The molecule has 0 radical (unpaired) electrons.